The number of aromatic carboxylic acids is 1. The first-order valence-corrected chi connectivity index (χ1v) is 9.70. The van der Waals surface area contributed by atoms with Gasteiger partial charge in [0.05, 0.1) is 0 Å². The summed E-state index contributed by atoms with van der Waals surface area (Å²) in [5, 5.41) is 14.6. The standard InChI is InChI=1S/C19H22N4O5S/c1-10(2)9-13-16(18(27)28)23-19(29-13)22-15(25)8-7-14(24)21-12-5-3-11(4-6-12)17(20)26/h3-6,10H,7-9H2,1-2H3,(H2,20,26)(H,21,24)(H,27,28)(H,22,23,25). The van der Waals surface area contributed by atoms with E-state index in [9.17, 15) is 24.3 Å². The fourth-order valence-electron chi connectivity index (χ4n) is 2.43. The molecule has 1 aromatic heterocycles. The van der Waals surface area contributed by atoms with Crippen molar-refractivity contribution in [2.75, 3.05) is 10.6 Å². The molecule has 0 spiro atoms. The van der Waals surface area contributed by atoms with Gasteiger partial charge < -0.3 is 21.5 Å². The first-order valence-electron chi connectivity index (χ1n) is 8.88. The van der Waals surface area contributed by atoms with Crippen molar-refractivity contribution in [3.8, 4) is 0 Å². The highest BCUT2D eigenvalue weighted by atomic mass is 32.1. The Morgan fingerprint density at radius 2 is 1.66 bits per heavy atom. The predicted octanol–water partition coefficient (Wildman–Crippen LogP) is 2.50. The minimum Gasteiger partial charge on any atom is -0.476 e. The number of carbonyl (C=O) groups is 4. The summed E-state index contributed by atoms with van der Waals surface area (Å²) in [5.41, 5.74) is 5.89. The summed E-state index contributed by atoms with van der Waals surface area (Å²) in [6.07, 6.45) is 0.387. The van der Waals surface area contributed by atoms with Gasteiger partial charge in [-0.1, -0.05) is 13.8 Å². The monoisotopic (exact) mass is 418 g/mol. The van der Waals surface area contributed by atoms with E-state index >= 15 is 0 Å². The maximum atomic E-state index is 12.1. The lowest BCUT2D eigenvalue weighted by atomic mass is 10.1. The summed E-state index contributed by atoms with van der Waals surface area (Å²) in [7, 11) is 0. The second-order valence-electron chi connectivity index (χ2n) is 6.73. The maximum Gasteiger partial charge on any atom is 0.355 e. The number of anilines is 2. The Hall–Kier alpha value is -3.27. The molecule has 0 unspecified atom stereocenters. The van der Waals surface area contributed by atoms with Crippen molar-refractivity contribution < 1.29 is 24.3 Å². The number of nitrogens with two attached hydrogens (primary N) is 1. The number of carboxylic acids is 1. The Kier molecular flexibility index (Phi) is 7.43. The van der Waals surface area contributed by atoms with E-state index in [1.54, 1.807) is 0 Å². The average molecular weight is 418 g/mol. The summed E-state index contributed by atoms with van der Waals surface area (Å²) >= 11 is 1.12. The van der Waals surface area contributed by atoms with Crippen LogP contribution in [-0.2, 0) is 16.0 Å². The lowest BCUT2D eigenvalue weighted by molar-refractivity contribution is -0.121. The lowest BCUT2D eigenvalue weighted by Crippen LogP contribution is -2.17. The molecule has 0 saturated carbocycles. The lowest BCUT2D eigenvalue weighted by Gasteiger charge is -2.06. The molecule has 0 radical (unpaired) electrons. The molecule has 0 aliphatic rings. The molecule has 0 saturated heterocycles. The van der Waals surface area contributed by atoms with Crippen LogP contribution in [-0.4, -0.2) is 33.8 Å². The largest absolute Gasteiger partial charge is 0.476 e. The van der Waals surface area contributed by atoms with Gasteiger partial charge in [0, 0.05) is 29.0 Å². The average Bonchev–Trinajstić information content (AvgIpc) is 3.02. The number of thiazole rings is 1. The normalized spacial score (nSPS) is 10.6. The van der Waals surface area contributed by atoms with Gasteiger partial charge in [0.1, 0.15) is 0 Å². The van der Waals surface area contributed by atoms with E-state index in [2.05, 4.69) is 15.6 Å². The van der Waals surface area contributed by atoms with Crippen molar-refractivity contribution in [1.82, 2.24) is 4.98 Å². The van der Waals surface area contributed by atoms with Crippen LogP contribution in [0.4, 0.5) is 10.8 Å². The zero-order valence-electron chi connectivity index (χ0n) is 16.0. The van der Waals surface area contributed by atoms with Crippen LogP contribution < -0.4 is 16.4 Å². The highest BCUT2D eigenvalue weighted by molar-refractivity contribution is 7.16. The molecule has 1 aromatic carbocycles. The van der Waals surface area contributed by atoms with Gasteiger partial charge >= 0.3 is 5.97 Å². The van der Waals surface area contributed by atoms with Crippen LogP contribution in [0.2, 0.25) is 0 Å². The number of nitrogens with one attached hydrogen (secondary N) is 2. The van der Waals surface area contributed by atoms with Crippen molar-refractivity contribution in [2.24, 2.45) is 11.7 Å². The minimum absolute atomic E-state index is 0.0591. The van der Waals surface area contributed by atoms with E-state index in [1.807, 2.05) is 13.8 Å². The molecular weight excluding hydrogens is 396 g/mol. The fourth-order valence-corrected chi connectivity index (χ4v) is 3.61. The van der Waals surface area contributed by atoms with Gasteiger partial charge in [-0.25, -0.2) is 9.78 Å². The Bertz CT molecular complexity index is 921. The van der Waals surface area contributed by atoms with Gasteiger partial charge in [-0.15, -0.1) is 11.3 Å². The smallest absolute Gasteiger partial charge is 0.355 e. The number of aromatic nitrogens is 1. The fraction of sp³-hybridized carbons (Fsp3) is 0.316. The molecular formula is C19H22N4O5S. The zero-order chi connectivity index (χ0) is 21.6. The third-order valence-corrected chi connectivity index (χ3v) is 4.77. The number of primary amides is 1. The van der Waals surface area contributed by atoms with Gasteiger partial charge in [-0.05, 0) is 36.6 Å². The molecule has 5 N–H and O–H groups in total. The van der Waals surface area contributed by atoms with Crippen LogP contribution in [0.1, 0.15) is 52.4 Å². The number of nitrogens with zero attached hydrogens (tertiary/aromatic N) is 1. The zero-order valence-corrected chi connectivity index (χ0v) is 16.8. The molecule has 1 heterocycles. The number of benzene rings is 1. The van der Waals surface area contributed by atoms with Crippen molar-refractivity contribution in [1.29, 1.82) is 0 Å². The molecule has 2 rings (SSSR count). The third-order valence-electron chi connectivity index (χ3n) is 3.77. The molecule has 0 bridgehead atoms. The van der Waals surface area contributed by atoms with E-state index in [1.165, 1.54) is 24.3 Å². The van der Waals surface area contributed by atoms with Gasteiger partial charge in [0.2, 0.25) is 17.7 Å². The molecule has 29 heavy (non-hydrogen) atoms. The van der Waals surface area contributed by atoms with E-state index in [0.717, 1.165) is 11.3 Å². The third kappa shape index (κ3) is 6.68. The molecule has 0 aliphatic carbocycles. The molecule has 2 aromatic rings. The Morgan fingerprint density at radius 3 is 2.17 bits per heavy atom. The SMILES string of the molecule is CC(C)Cc1sc(NC(=O)CCC(=O)Nc2ccc(C(N)=O)cc2)nc1C(=O)O. The Balaban J connectivity index is 1.88. The highest BCUT2D eigenvalue weighted by Crippen LogP contribution is 2.26. The highest BCUT2D eigenvalue weighted by Gasteiger charge is 2.19. The molecule has 10 heteroatoms. The molecule has 0 atom stereocenters. The number of carbonyl (C=O) groups excluding carboxylic acids is 3. The summed E-state index contributed by atoms with van der Waals surface area (Å²) in [5.74, 6) is -2.27. The number of rotatable bonds is 9. The minimum atomic E-state index is -1.14. The van der Waals surface area contributed by atoms with Gasteiger partial charge in [-0.2, -0.15) is 0 Å². The van der Waals surface area contributed by atoms with Crippen molar-refractivity contribution in [3.05, 3.63) is 40.4 Å². The number of hydrogen-bond donors (Lipinski definition) is 4. The van der Waals surface area contributed by atoms with Gasteiger partial charge in [0.15, 0.2) is 10.8 Å². The van der Waals surface area contributed by atoms with E-state index < -0.39 is 17.8 Å². The summed E-state index contributed by atoms with van der Waals surface area (Å²) in [6.45, 7) is 3.92. The number of hydrogen-bond acceptors (Lipinski definition) is 6. The van der Waals surface area contributed by atoms with Crippen molar-refractivity contribution in [3.63, 3.8) is 0 Å². The van der Waals surface area contributed by atoms with E-state index in [4.69, 9.17) is 5.73 Å². The van der Waals surface area contributed by atoms with Crippen LogP contribution in [0.5, 0.6) is 0 Å². The Morgan fingerprint density at radius 1 is 1.07 bits per heavy atom. The summed E-state index contributed by atoms with van der Waals surface area (Å²) in [6, 6.07) is 6.05. The van der Waals surface area contributed by atoms with Crippen LogP contribution in [0.15, 0.2) is 24.3 Å². The molecule has 0 aliphatic heterocycles. The van der Waals surface area contributed by atoms with E-state index in [-0.39, 0.29) is 35.5 Å². The van der Waals surface area contributed by atoms with Gasteiger partial charge in [0.25, 0.3) is 0 Å². The maximum absolute atomic E-state index is 12.1. The van der Waals surface area contributed by atoms with Crippen LogP contribution in [0.25, 0.3) is 0 Å². The molecule has 0 fully saturated rings. The van der Waals surface area contributed by atoms with E-state index in [0.29, 0.717) is 22.5 Å². The number of carboxylic acid groups (broad SMARTS) is 1. The van der Waals surface area contributed by atoms with Crippen LogP contribution in [0.3, 0.4) is 0 Å². The Labute approximate surface area is 171 Å². The molecule has 9 nitrogen and oxygen atoms in total. The second kappa shape index (κ2) is 9.78. The molecule has 154 valence electrons. The first-order chi connectivity index (χ1) is 13.7. The van der Waals surface area contributed by atoms with Gasteiger partial charge in [-0.3, -0.25) is 14.4 Å². The van der Waals surface area contributed by atoms with Crippen LogP contribution >= 0.6 is 11.3 Å². The van der Waals surface area contributed by atoms with Crippen molar-refractivity contribution >= 4 is 45.8 Å². The summed E-state index contributed by atoms with van der Waals surface area (Å²) in [4.78, 5) is 51.0. The summed E-state index contributed by atoms with van der Waals surface area (Å²) < 4.78 is 0. The molecule has 3 amide bonds. The first kappa shape index (κ1) is 22.0. The van der Waals surface area contributed by atoms with Crippen LogP contribution in [0, 0.1) is 5.92 Å². The van der Waals surface area contributed by atoms with Crippen molar-refractivity contribution in [2.45, 2.75) is 33.1 Å². The topological polar surface area (TPSA) is 151 Å². The second-order valence-corrected chi connectivity index (χ2v) is 7.82. The number of amides is 3. The quantitative estimate of drug-likeness (QED) is 0.491. The predicted molar refractivity (Wildman–Crippen MR) is 109 cm³/mol.